The molecule has 0 aromatic rings. The van der Waals surface area contributed by atoms with Crippen LogP contribution in [-0.2, 0) is 4.79 Å². The molecule has 1 saturated carbocycles. The number of rotatable bonds is 2. The monoisotopic (exact) mass is 267 g/mol. The lowest BCUT2D eigenvalue weighted by atomic mass is 9.97. The maximum atomic E-state index is 12.2. The van der Waals surface area contributed by atoms with E-state index >= 15 is 0 Å². The number of carbonyl (C=O) groups excluding carboxylic acids is 2. The van der Waals surface area contributed by atoms with Crippen molar-refractivity contribution in [3.05, 3.63) is 0 Å². The summed E-state index contributed by atoms with van der Waals surface area (Å²) in [5.74, 6) is 0.112. The van der Waals surface area contributed by atoms with Gasteiger partial charge in [0, 0.05) is 33.2 Å². The fraction of sp³-hybridized carbons (Fsp3) is 0.857. The fourth-order valence-corrected chi connectivity index (χ4v) is 3.04. The van der Waals surface area contributed by atoms with Crippen LogP contribution in [0.5, 0.6) is 0 Å². The number of urea groups is 1. The molecular weight excluding hydrogens is 242 g/mol. The first kappa shape index (κ1) is 14.2. The Balaban J connectivity index is 1.85. The third-order valence-electron chi connectivity index (χ3n) is 4.15. The van der Waals surface area contributed by atoms with Gasteiger partial charge in [-0.05, 0) is 25.7 Å². The van der Waals surface area contributed by atoms with Gasteiger partial charge in [0.25, 0.3) is 0 Å². The van der Waals surface area contributed by atoms with Gasteiger partial charge in [-0.3, -0.25) is 4.79 Å². The van der Waals surface area contributed by atoms with Gasteiger partial charge in [-0.1, -0.05) is 12.8 Å². The highest BCUT2D eigenvalue weighted by Gasteiger charge is 2.30. The molecule has 0 bridgehead atoms. The van der Waals surface area contributed by atoms with Crippen molar-refractivity contribution in [1.82, 2.24) is 15.1 Å². The maximum absolute atomic E-state index is 12.2. The zero-order valence-electron chi connectivity index (χ0n) is 12.0. The number of amides is 3. The molecular formula is C14H25N3O2. The summed E-state index contributed by atoms with van der Waals surface area (Å²) in [5.41, 5.74) is 0. The Morgan fingerprint density at radius 3 is 2.42 bits per heavy atom. The number of likely N-dealkylation sites (tertiary alicyclic amines) is 1. The fourth-order valence-electron chi connectivity index (χ4n) is 3.04. The van der Waals surface area contributed by atoms with Crippen molar-refractivity contribution in [2.75, 3.05) is 27.2 Å². The Kier molecular flexibility index (Phi) is 4.66. The summed E-state index contributed by atoms with van der Waals surface area (Å²) < 4.78 is 0. The first-order valence-electron chi connectivity index (χ1n) is 7.34. The van der Waals surface area contributed by atoms with Crippen LogP contribution in [-0.4, -0.2) is 55.0 Å². The smallest absolute Gasteiger partial charge is 0.319 e. The van der Waals surface area contributed by atoms with E-state index in [1.165, 1.54) is 12.8 Å². The molecule has 3 amide bonds. The number of hydrogen-bond acceptors (Lipinski definition) is 2. The molecule has 1 atom stereocenters. The van der Waals surface area contributed by atoms with Crippen molar-refractivity contribution in [3.63, 3.8) is 0 Å². The van der Waals surface area contributed by atoms with Gasteiger partial charge in [0.2, 0.25) is 5.91 Å². The molecule has 1 saturated heterocycles. The SMILES string of the molecule is CN(C)C(=O)N1CCCC(C(=O)NC2CCCC2)C1. The molecule has 0 radical (unpaired) electrons. The van der Waals surface area contributed by atoms with E-state index in [2.05, 4.69) is 5.32 Å². The van der Waals surface area contributed by atoms with Gasteiger partial charge in [-0.15, -0.1) is 0 Å². The Labute approximate surface area is 115 Å². The van der Waals surface area contributed by atoms with Crippen LogP contribution < -0.4 is 5.32 Å². The van der Waals surface area contributed by atoms with E-state index in [-0.39, 0.29) is 17.9 Å². The number of piperidine rings is 1. The molecule has 1 aliphatic heterocycles. The summed E-state index contributed by atoms with van der Waals surface area (Å²) in [4.78, 5) is 27.5. The van der Waals surface area contributed by atoms with Crippen molar-refractivity contribution in [3.8, 4) is 0 Å². The standard InChI is InChI=1S/C14H25N3O2/c1-16(2)14(19)17-9-5-6-11(10-17)13(18)15-12-7-3-4-8-12/h11-12H,3-10H2,1-2H3,(H,15,18). The molecule has 1 heterocycles. The lowest BCUT2D eigenvalue weighted by Crippen LogP contribution is -2.49. The Bertz CT molecular complexity index is 338. The van der Waals surface area contributed by atoms with E-state index in [0.717, 1.165) is 32.2 Å². The van der Waals surface area contributed by atoms with Crippen LogP contribution in [0.2, 0.25) is 0 Å². The van der Waals surface area contributed by atoms with Crippen LogP contribution in [0.1, 0.15) is 38.5 Å². The van der Waals surface area contributed by atoms with Gasteiger partial charge in [0.1, 0.15) is 0 Å². The minimum Gasteiger partial charge on any atom is -0.353 e. The quantitative estimate of drug-likeness (QED) is 0.823. The van der Waals surface area contributed by atoms with Crippen LogP contribution >= 0.6 is 0 Å². The predicted octanol–water partition coefficient (Wildman–Crippen LogP) is 1.44. The second-order valence-electron chi connectivity index (χ2n) is 5.95. The van der Waals surface area contributed by atoms with Crippen LogP contribution in [0, 0.1) is 5.92 Å². The van der Waals surface area contributed by atoms with E-state index < -0.39 is 0 Å². The van der Waals surface area contributed by atoms with E-state index in [9.17, 15) is 9.59 Å². The van der Waals surface area contributed by atoms with E-state index in [1.807, 2.05) is 0 Å². The highest BCUT2D eigenvalue weighted by molar-refractivity contribution is 5.81. The van der Waals surface area contributed by atoms with E-state index in [0.29, 0.717) is 12.6 Å². The minimum absolute atomic E-state index is 0.0124. The second kappa shape index (κ2) is 6.26. The Hall–Kier alpha value is -1.26. The minimum atomic E-state index is -0.0294. The average Bonchev–Trinajstić information content (AvgIpc) is 2.90. The van der Waals surface area contributed by atoms with Crippen molar-refractivity contribution in [2.45, 2.75) is 44.6 Å². The van der Waals surface area contributed by atoms with Crippen molar-refractivity contribution in [1.29, 1.82) is 0 Å². The van der Waals surface area contributed by atoms with Crippen molar-refractivity contribution >= 4 is 11.9 Å². The second-order valence-corrected chi connectivity index (χ2v) is 5.95. The van der Waals surface area contributed by atoms with Gasteiger partial charge < -0.3 is 15.1 Å². The van der Waals surface area contributed by atoms with E-state index in [1.54, 1.807) is 23.9 Å². The first-order valence-corrected chi connectivity index (χ1v) is 7.34. The van der Waals surface area contributed by atoms with Crippen LogP contribution in [0.3, 0.4) is 0 Å². The molecule has 1 unspecified atom stereocenters. The van der Waals surface area contributed by atoms with Gasteiger partial charge in [-0.2, -0.15) is 0 Å². The summed E-state index contributed by atoms with van der Waals surface area (Å²) >= 11 is 0. The summed E-state index contributed by atoms with van der Waals surface area (Å²) in [6.45, 7) is 1.33. The highest BCUT2D eigenvalue weighted by atomic mass is 16.2. The molecule has 2 rings (SSSR count). The molecule has 0 aromatic heterocycles. The van der Waals surface area contributed by atoms with Crippen LogP contribution in [0.4, 0.5) is 4.79 Å². The molecule has 2 aliphatic rings. The zero-order valence-corrected chi connectivity index (χ0v) is 12.0. The van der Waals surface area contributed by atoms with Crippen LogP contribution in [0.15, 0.2) is 0 Å². The Morgan fingerprint density at radius 1 is 1.11 bits per heavy atom. The largest absolute Gasteiger partial charge is 0.353 e. The third-order valence-corrected chi connectivity index (χ3v) is 4.15. The maximum Gasteiger partial charge on any atom is 0.319 e. The number of carbonyl (C=O) groups is 2. The predicted molar refractivity (Wildman–Crippen MR) is 73.8 cm³/mol. The summed E-state index contributed by atoms with van der Waals surface area (Å²) in [6.07, 6.45) is 6.48. The molecule has 1 N–H and O–H groups in total. The number of hydrogen-bond donors (Lipinski definition) is 1. The molecule has 0 aromatic carbocycles. The third kappa shape index (κ3) is 3.61. The lowest BCUT2D eigenvalue weighted by Gasteiger charge is -2.34. The van der Waals surface area contributed by atoms with Crippen molar-refractivity contribution < 1.29 is 9.59 Å². The topological polar surface area (TPSA) is 52.7 Å². The summed E-state index contributed by atoms with van der Waals surface area (Å²) in [7, 11) is 3.51. The molecule has 0 spiro atoms. The molecule has 5 nitrogen and oxygen atoms in total. The van der Waals surface area contributed by atoms with Crippen molar-refractivity contribution in [2.24, 2.45) is 5.92 Å². The lowest BCUT2D eigenvalue weighted by molar-refractivity contribution is -0.127. The van der Waals surface area contributed by atoms with Crippen LogP contribution in [0.25, 0.3) is 0 Å². The van der Waals surface area contributed by atoms with E-state index in [4.69, 9.17) is 0 Å². The summed E-state index contributed by atoms with van der Waals surface area (Å²) in [5, 5.41) is 3.15. The van der Waals surface area contributed by atoms with Gasteiger partial charge in [-0.25, -0.2) is 4.79 Å². The van der Waals surface area contributed by atoms with Gasteiger partial charge >= 0.3 is 6.03 Å². The average molecular weight is 267 g/mol. The van der Waals surface area contributed by atoms with Gasteiger partial charge in [0.05, 0.1) is 5.92 Å². The van der Waals surface area contributed by atoms with Gasteiger partial charge in [0.15, 0.2) is 0 Å². The summed E-state index contributed by atoms with van der Waals surface area (Å²) in [6, 6.07) is 0.380. The number of nitrogens with zero attached hydrogens (tertiary/aromatic N) is 2. The first-order chi connectivity index (χ1) is 9.08. The number of nitrogens with one attached hydrogen (secondary N) is 1. The Morgan fingerprint density at radius 2 is 1.79 bits per heavy atom. The molecule has 5 heteroatoms. The molecule has 1 aliphatic carbocycles. The zero-order chi connectivity index (χ0) is 13.8. The molecule has 2 fully saturated rings. The molecule has 19 heavy (non-hydrogen) atoms. The molecule has 108 valence electrons. The normalized spacial score (nSPS) is 24.3. The highest BCUT2D eigenvalue weighted by Crippen LogP contribution is 2.21.